The average Bonchev–Trinajstić information content (AvgIpc) is 2.35. The SMILES string of the molecule is C/C=C(\CC(C)=O)c1ccc(O[Si](C)(C)C(C)(C)C)cc1. The van der Waals surface area contributed by atoms with Crippen molar-refractivity contribution in [1.29, 1.82) is 0 Å². The molecule has 1 aromatic rings. The molecule has 3 heteroatoms. The normalized spacial score (nSPS) is 13.2. The Labute approximate surface area is 130 Å². The molecule has 0 atom stereocenters. The predicted molar refractivity (Wildman–Crippen MR) is 93.2 cm³/mol. The summed E-state index contributed by atoms with van der Waals surface area (Å²) in [6.45, 7) is 14.8. The van der Waals surface area contributed by atoms with E-state index in [9.17, 15) is 4.79 Å². The first-order chi connectivity index (χ1) is 9.56. The van der Waals surface area contributed by atoms with Crippen LogP contribution < -0.4 is 4.43 Å². The van der Waals surface area contributed by atoms with Crippen LogP contribution in [0, 0.1) is 0 Å². The lowest BCUT2D eigenvalue weighted by atomic mass is 10.0. The van der Waals surface area contributed by atoms with Crippen LogP contribution in [0.25, 0.3) is 5.57 Å². The molecule has 21 heavy (non-hydrogen) atoms. The summed E-state index contributed by atoms with van der Waals surface area (Å²) in [7, 11) is -1.79. The molecule has 0 aliphatic rings. The van der Waals surface area contributed by atoms with E-state index in [0.717, 1.165) is 16.9 Å². The van der Waals surface area contributed by atoms with Crippen LogP contribution in [0.2, 0.25) is 18.1 Å². The Morgan fingerprint density at radius 3 is 2.10 bits per heavy atom. The fraction of sp³-hybridized carbons (Fsp3) is 0.500. The molecule has 0 amide bonds. The largest absolute Gasteiger partial charge is 0.544 e. The number of carbonyl (C=O) groups excluding carboxylic acids is 1. The minimum Gasteiger partial charge on any atom is -0.544 e. The smallest absolute Gasteiger partial charge is 0.250 e. The van der Waals surface area contributed by atoms with E-state index in [0.29, 0.717) is 6.42 Å². The molecule has 0 heterocycles. The first-order valence-corrected chi connectivity index (χ1v) is 10.4. The van der Waals surface area contributed by atoms with Gasteiger partial charge in [0.2, 0.25) is 8.32 Å². The fourth-order valence-electron chi connectivity index (χ4n) is 1.82. The van der Waals surface area contributed by atoms with Gasteiger partial charge in [0.1, 0.15) is 11.5 Å². The van der Waals surface area contributed by atoms with Crippen LogP contribution in [0.15, 0.2) is 30.3 Å². The quantitative estimate of drug-likeness (QED) is 0.676. The number of ketones is 1. The molecule has 0 saturated carbocycles. The first kappa shape index (κ1) is 17.7. The highest BCUT2D eigenvalue weighted by Crippen LogP contribution is 2.37. The number of Topliss-reactive ketones (excluding diaryl/α,β-unsaturated/α-hetero) is 1. The second-order valence-electron chi connectivity index (χ2n) is 7.08. The lowest BCUT2D eigenvalue weighted by molar-refractivity contribution is -0.116. The highest BCUT2D eigenvalue weighted by Gasteiger charge is 2.38. The van der Waals surface area contributed by atoms with Crippen molar-refractivity contribution in [1.82, 2.24) is 0 Å². The third-order valence-electron chi connectivity index (χ3n) is 4.19. The summed E-state index contributed by atoms with van der Waals surface area (Å²) in [5, 5.41) is 0.189. The Morgan fingerprint density at radius 1 is 1.19 bits per heavy atom. The van der Waals surface area contributed by atoms with Gasteiger partial charge in [-0.25, -0.2) is 0 Å². The Bertz CT molecular complexity index is 519. The average molecular weight is 305 g/mol. The molecule has 0 spiro atoms. The molecule has 0 bridgehead atoms. The van der Waals surface area contributed by atoms with Crippen LogP contribution in [0.1, 0.15) is 46.6 Å². The van der Waals surface area contributed by atoms with E-state index in [1.807, 2.05) is 37.3 Å². The molecule has 0 saturated heterocycles. The van der Waals surface area contributed by atoms with Crippen molar-refractivity contribution in [2.45, 2.75) is 59.2 Å². The summed E-state index contributed by atoms with van der Waals surface area (Å²) in [5.74, 6) is 1.10. The minimum absolute atomic E-state index is 0.185. The van der Waals surface area contributed by atoms with E-state index >= 15 is 0 Å². The molecular weight excluding hydrogens is 276 g/mol. The van der Waals surface area contributed by atoms with Crippen LogP contribution in [0.4, 0.5) is 0 Å². The number of carbonyl (C=O) groups is 1. The lowest BCUT2D eigenvalue weighted by Crippen LogP contribution is -2.43. The van der Waals surface area contributed by atoms with Gasteiger partial charge >= 0.3 is 0 Å². The van der Waals surface area contributed by atoms with E-state index in [1.165, 1.54) is 0 Å². The van der Waals surface area contributed by atoms with Crippen molar-refractivity contribution < 1.29 is 9.22 Å². The van der Waals surface area contributed by atoms with E-state index in [4.69, 9.17) is 4.43 Å². The maximum absolute atomic E-state index is 11.3. The van der Waals surface area contributed by atoms with Crippen molar-refractivity contribution in [3.8, 4) is 5.75 Å². The van der Waals surface area contributed by atoms with Crippen molar-refractivity contribution >= 4 is 19.7 Å². The third-order valence-corrected chi connectivity index (χ3v) is 8.55. The molecule has 2 nitrogen and oxygen atoms in total. The summed E-state index contributed by atoms with van der Waals surface area (Å²) in [6.07, 6.45) is 2.49. The lowest BCUT2D eigenvalue weighted by Gasteiger charge is -2.36. The van der Waals surface area contributed by atoms with Crippen LogP contribution in [-0.4, -0.2) is 14.1 Å². The molecule has 0 radical (unpaired) electrons. The van der Waals surface area contributed by atoms with Crippen molar-refractivity contribution in [3.63, 3.8) is 0 Å². The highest BCUT2D eigenvalue weighted by atomic mass is 28.4. The van der Waals surface area contributed by atoms with Gasteiger partial charge in [-0.05, 0) is 55.2 Å². The zero-order valence-corrected chi connectivity index (χ0v) is 15.4. The summed E-state index contributed by atoms with van der Waals surface area (Å²) in [6, 6.07) is 8.11. The molecular formula is C18H28O2Si. The van der Waals surface area contributed by atoms with Gasteiger partial charge in [-0.1, -0.05) is 39.0 Å². The van der Waals surface area contributed by atoms with Crippen molar-refractivity contribution in [2.24, 2.45) is 0 Å². The van der Waals surface area contributed by atoms with Crippen LogP contribution in [0.3, 0.4) is 0 Å². The second kappa shape index (κ2) is 6.61. The topological polar surface area (TPSA) is 26.3 Å². The molecule has 0 aromatic heterocycles. The number of hydrogen-bond donors (Lipinski definition) is 0. The fourth-order valence-corrected chi connectivity index (χ4v) is 2.86. The van der Waals surface area contributed by atoms with Gasteiger partial charge in [0.15, 0.2) is 0 Å². The van der Waals surface area contributed by atoms with Gasteiger partial charge in [0, 0.05) is 6.42 Å². The Hall–Kier alpha value is -1.35. The second-order valence-corrected chi connectivity index (χ2v) is 11.8. The summed E-state index contributed by atoms with van der Waals surface area (Å²) in [4.78, 5) is 11.3. The molecule has 0 aliphatic heterocycles. The molecule has 0 N–H and O–H groups in total. The van der Waals surface area contributed by atoms with Gasteiger partial charge in [-0.2, -0.15) is 0 Å². The molecule has 0 fully saturated rings. The number of benzene rings is 1. The van der Waals surface area contributed by atoms with Crippen molar-refractivity contribution in [2.75, 3.05) is 0 Å². The predicted octanol–water partition coefficient (Wildman–Crippen LogP) is 5.45. The van der Waals surface area contributed by atoms with Gasteiger partial charge in [0.05, 0.1) is 0 Å². The van der Waals surface area contributed by atoms with E-state index < -0.39 is 8.32 Å². The maximum Gasteiger partial charge on any atom is 0.250 e. The Kier molecular flexibility index (Phi) is 5.57. The zero-order valence-electron chi connectivity index (χ0n) is 14.4. The van der Waals surface area contributed by atoms with E-state index in [2.05, 4.69) is 33.9 Å². The summed E-state index contributed by atoms with van der Waals surface area (Å²) in [5.41, 5.74) is 2.16. The summed E-state index contributed by atoms with van der Waals surface area (Å²) >= 11 is 0. The van der Waals surface area contributed by atoms with Crippen LogP contribution in [-0.2, 0) is 4.79 Å². The monoisotopic (exact) mass is 304 g/mol. The van der Waals surface area contributed by atoms with E-state index in [1.54, 1.807) is 6.92 Å². The standard InChI is InChI=1S/C18H28O2Si/c1-8-15(13-14(2)19)16-9-11-17(12-10-16)20-21(6,7)18(3,4)5/h8-12H,13H2,1-7H3/b15-8+. The van der Waals surface area contributed by atoms with Gasteiger partial charge < -0.3 is 4.43 Å². The highest BCUT2D eigenvalue weighted by molar-refractivity contribution is 6.74. The summed E-state index contributed by atoms with van der Waals surface area (Å²) < 4.78 is 6.27. The number of hydrogen-bond acceptors (Lipinski definition) is 2. The Morgan fingerprint density at radius 2 is 1.71 bits per heavy atom. The van der Waals surface area contributed by atoms with Crippen LogP contribution in [0.5, 0.6) is 5.75 Å². The molecule has 0 unspecified atom stereocenters. The number of allylic oxidation sites excluding steroid dienone is 2. The van der Waals surface area contributed by atoms with Gasteiger partial charge in [0.25, 0.3) is 0 Å². The van der Waals surface area contributed by atoms with E-state index in [-0.39, 0.29) is 10.8 Å². The van der Waals surface area contributed by atoms with Gasteiger partial charge in [-0.15, -0.1) is 0 Å². The Balaban J connectivity index is 2.91. The van der Waals surface area contributed by atoms with Crippen LogP contribution >= 0.6 is 0 Å². The third kappa shape index (κ3) is 4.85. The molecule has 116 valence electrons. The number of rotatable bonds is 5. The van der Waals surface area contributed by atoms with Crippen molar-refractivity contribution in [3.05, 3.63) is 35.9 Å². The molecule has 0 aliphatic carbocycles. The first-order valence-electron chi connectivity index (χ1n) is 7.51. The minimum atomic E-state index is -1.79. The zero-order chi connectivity index (χ0) is 16.3. The maximum atomic E-state index is 11.3. The van der Waals surface area contributed by atoms with Gasteiger partial charge in [-0.3, -0.25) is 4.79 Å². The molecule has 1 rings (SSSR count). The molecule has 1 aromatic carbocycles.